The van der Waals surface area contributed by atoms with Crippen LogP contribution in [0.4, 0.5) is 5.82 Å². The number of sulfonamides is 1. The number of carbonyl (C=O) groups excluding carboxylic acids is 1. The van der Waals surface area contributed by atoms with Crippen LogP contribution in [0.1, 0.15) is 59.7 Å². The molecule has 0 aliphatic carbocycles. The monoisotopic (exact) mass is 431 g/mol. The van der Waals surface area contributed by atoms with E-state index in [0.717, 1.165) is 5.69 Å². The average molecular weight is 432 g/mol. The Bertz CT molecular complexity index is 1120. The molecule has 0 saturated heterocycles. The number of fused-ring (bicyclic) bond motifs is 1. The molecule has 1 aliphatic rings. The normalized spacial score (nSPS) is 18.0. The molecule has 2 N–H and O–H groups in total. The first-order valence-electron chi connectivity index (χ1n) is 9.82. The predicted octanol–water partition coefficient (Wildman–Crippen LogP) is 3.00. The van der Waals surface area contributed by atoms with Crippen LogP contribution in [0.3, 0.4) is 0 Å². The van der Waals surface area contributed by atoms with Gasteiger partial charge in [0.25, 0.3) is 10.0 Å². The van der Waals surface area contributed by atoms with Gasteiger partial charge in [0.1, 0.15) is 17.7 Å². The van der Waals surface area contributed by atoms with Gasteiger partial charge >= 0.3 is 0 Å². The first-order chi connectivity index (χ1) is 13.7. The lowest BCUT2D eigenvalue weighted by molar-refractivity contribution is -0.117. The van der Waals surface area contributed by atoms with Crippen molar-refractivity contribution in [3.8, 4) is 0 Å². The van der Waals surface area contributed by atoms with Crippen LogP contribution in [0.15, 0.2) is 40.2 Å². The quantitative estimate of drug-likeness (QED) is 0.779. The van der Waals surface area contributed by atoms with Crippen molar-refractivity contribution in [2.24, 2.45) is 4.99 Å². The number of hydrogen-bond donors (Lipinski definition) is 2. The zero-order valence-corrected chi connectivity index (χ0v) is 19.3. The van der Waals surface area contributed by atoms with E-state index in [1.807, 2.05) is 26.8 Å². The fourth-order valence-electron chi connectivity index (χ4n) is 3.06. The number of amidine groups is 1. The minimum Gasteiger partial charge on any atom is -0.309 e. The maximum Gasteiger partial charge on any atom is 0.263 e. The van der Waals surface area contributed by atoms with Crippen LogP contribution in [0.25, 0.3) is 0 Å². The standard InChI is InChI=1S/C21H29N5O3S/c1-13(22-18-14-10-8-9-11-15(14)30(28,29)25-18)19(27)23-17-12-16(20(2,3)4)24-26(17)21(5,6)7/h8-13H,1-7H3,(H,22,25)(H,23,27)/t13-/m0/s1. The number of carbonyl (C=O) groups is 1. The van der Waals surface area contributed by atoms with Crippen LogP contribution in [0, 0.1) is 0 Å². The van der Waals surface area contributed by atoms with Gasteiger partial charge in [-0.3, -0.25) is 14.5 Å². The molecule has 0 radical (unpaired) electrons. The molecule has 2 heterocycles. The Kier molecular flexibility index (Phi) is 5.30. The van der Waals surface area contributed by atoms with Crippen molar-refractivity contribution in [2.75, 3.05) is 5.32 Å². The molecule has 2 aromatic rings. The minimum atomic E-state index is -3.65. The zero-order chi connectivity index (χ0) is 22.5. The van der Waals surface area contributed by atoms with Gasteiger partial charge in [0, 0.05) is 17.0 Å². The van der Waals surface area contributed by atoms with Crippen molar-refractivity contribution < 1.29 is 13.2 Å². The second-order valence-electron chi connectivity index (χ2n) is 9.49. The summed E-state index contributed by atoms with van der Waals surface area (Å²) < 4.78 is 28.7. The molecule has 1 atom stereocenters. The molecule has 0 unspecified atom stereocenters. The highest BCUT2D eigenvalue weighted by Crippen LogP contribution is 2.28. The molecule has 30 heavy (non-hydrogen) atoms. The van der Waals surface area contributed by atoms with E-state index in [1.165, 1.54) is 6.07 Å². The van der Waals surface area contributed by atoms with Gasteiger partial charge in [-0.1, -0.05) is 32.9 Å². The highest BCUT2D eigenvalue weighted by atomic mass is 32.2. The summed E-state index contributed by atoms with van der Waals surface area (Å²) in [5.41, 5.74) is 0.825. The summed E-state index contributed by atoms with van der Waals surface area (Å²) >= 11 is 0. The number of amides is 1. The number of anilines is 1. The lowest BCUT2D eigenvalue weighted by atomic mass is 9.92. The maximum atomic E-state index is 12.9. The highest BCUT2D eigenvalue weighted by molar-refractivity contribution is 7.90. The van der Waals surface area contributed by atoms with E-state index in [2.05, 4.69) is 35.8 Å². The zero-order valence-electron chi connectivity index (χ0n) is 18.4. The Morgan fingerprint density at radius 2 is 1.80 bits per heavy atom. The number of benzene rings is 1. The number of aromatic nitrogens is 2. The number of nitrogens with zero attached hydrogens (tertiary/aromatic N) is 3. The van der Waals surface area contributed by atoms with Crippen LogP contribution in [-0.4, -0.2) is 36.0 Å². The fourth-order valence-corrected chi connectivity index (χ4v) is 4.30. The van der Waals surface area contributed by atoms with Crippen LogP contribution >= 0.6 is 0 Å². The fraction of sp³-hybridized carbons (Fsp3) is 0.476. The van der Waals surface area contributed by atoms with Gasteiger partial charge in [0.05, 0.1) is 16.1 Å². The lowest BCUT2D eigenvalue weighted by Crippen LogP contribution is -2.31. The third-order valence-corrected chi connectivity index (χ3v) is 6.13. The van der Waals surface area contributed by atoms with E-state index in [9.17, 15) is 13.2 Å². The Morgan fingerprint density at radius 1 is 1.17 bits per heavy atom. The molecular weight excluding hydrogens is 402 g/mol. The Labute approximate surface area is 177 Å². The van der Waals surface area contributed by atoms with Crippen molar-refractivity contribution >= 4 is 27.6 Å². The molecule has 9 heteroatoms. The third-order valence-electron chi connectivity index (χ3n) is 4.73. The van der Waals surface area contributed by atoms with Crippen molar-refractivity contribution in [2.45, 2.75) is 70.4 Å². The van der Waals surface area contributed by atoms with Crippen LogP contribution < -0.4 is 10.0 Å². The lowest BCUT2D eigenvalue weighted by Gasteiger charge is -2.23. The van der Waals surface area contributed by atoms with E-state index in [0.29, 0.717) is 11.4 Å². The van der Waals surface area contributed by atoms with Gasteiger partial charge in [-0.2, -0.15) is 5.10 Å². The molecule has 0 spiro atoms. The van der Waals surface area contributed by atoms with Gasteiger partial charge < -0.3 is 5.32 Å². The number of rotatable bonds is 3. The topological polar surface area (TPSA) is 105 Å². The third kappa shape index (κ3) is 4.26. The summed E-state index contributed by atoms with van der Waals surface area (Å²) in [6, 6.07) is 7.63. The minimum absolute atomic E-state index is 0.164. The maximum absolute atomic E-state index is 12.9. The summed E-state index contributed by atoms with van der Waals surface area (Å²) in [5.74, 6) is 0.404. The summed E-state index contributed by atoms with van der Waals surface area (Å²) in [6.45, 7) is 13.8. The first-order valence-corrected chi connectivity index (χ1v) is 11.3. The van der Waals surface area contributed by atoms with E-state index in [4.69, 9.17) is 5.10 Å². The Hall–Kier alpha value is -2.68. The summed E-state index contributed by atoms with van der Waals surface area (Å²) in [4.78, 5) is 17.4. The highest BCUT2D eigenvalue weighted by Gasteiger charge is 2.32. The largest absolute Gasteiger partial charge is 0.309 e. The van der Waals surface area contributed by atoms with Gasteiger partial charge in [-0.15, -0.1) is 0 Å². The predicted molar refractivity (Wildman–Crippen MR) is 117 cm³/mol. The summed E-state index contributed by atoms with van der Waals surface area (Å²) in [5, 5.41) is 7.60. The van der Waals surface area contributed by atoms with Crippen LogP contribution in [0.5, 0.6) is 0 Å². The molecule has 8 nitrogen and oxygen atoms in total. The first kappa shape index (κ1) is 22.0. The number of nitrogens with one attached hydrogen (secondary N) is 2. The van der Waals surface area contributed by atoms with E-state index >= 15 is 0 Å². The van der Waals surface area contributed by atoms with Crippen molar-refractivity contribution in [1.29, 1.82) is 0 Å². The molecule has 1 amide bonds. The second-order valence-corrected chi connectivity index (χ2v) is 11.1. The average Bonchev–Trinajstić information content (AvgIpc) is 3.15. The SMILES string of the molecule is C[C@H](N=C1NS(=O)(=O)c2ccccc21)C(=O)Nc1cc(C(C)(C)C)nn1C(C)(C)C. The van der Waals surface area contributed by atoms with E-state index < -0.39 is 16.1 Å². The Balaban J connectivity index is 1.89. The van der Waals surface area contributed by atoms with Gasteiger partial charge in [0.15, 0.2) is 0 Å². The van der Waals surface area contributed by atoms with Crippen LogP contribution in [0.2, 0.25) is 0 Å². The molecule has 162 valence electrons. The van der Waals surface area contributed by atoms with Gasteiger partial charge in [-0.25, -0.2) is 13.1 Å². The molecule has 0 bridgehead atoms. The number of aliphatic imine (C=N–C) groups is 1. The number of hydrogen-bond acceptors (Lipinski definition) is 5. The van der Waals surface area contributed by atoms with E-state index in [-0.39, 0.29) is 27.6 Å². The second kappa shape index (κ2) is 7.23. The van der Waals surface area contributed by atoms with E-state index in [1.54, 1.807) is 29.8 Å². The Morgan fingerprint density at radius 3 is 2.40 bits per heavy atom. The van der Waals surface area contributed by atoms with Crippen molar-refractivity contribution in [3.05, 3.63) is 41.6 Å². The smallest absolute Gasteiger partial charge is 0.263 e. The van der Waals surface area contributed by atoms with Gasteiger partial charge in [0.2, 0.25) is 5.91 Å². The molecule has 0 saturated carbocycles. The van der Waals surface area contributed by atoms with Crippen molar-refractivity contribution in [3.63, 3.8) is 0 Å². The molecule has 1 aromatic heterocycles. The summed E-state index contributed by atoms with van der Waals surface area (Å²) in [6.07, 6.45) is 0. The molecule has 1 aliphatic heterocycles. The molecular formula is C21H29N5O3S. The molecule has 1 aromatic carbocycles. The molecule has 0 fully saturated rings. The van der Waals surface area contributed by atoms with Crippen molar-refractivity contribution in [1.82, 2.24) is 14.5 Å². The van der Waals surface area contributed by atoms with Crippen LogP contribution in [-0.2, 0) is 25.8 Å². The summed E-state index contributed by atoms with van der Waals surface area (Å²) in [7, 11) is -3.65. The molecule has 3 rings (SSSR count). The van der Waals surface area contributed by atoms with Gasteiger partial charge in [-0.05, 0) is 39.8 Å².